The molecule has 1 aromatic rings. The third-order valence-corrected chi connectivity index (χ3v) is 7.89. The number of unbranched alkanes of at least 4 members (excludes halogenated alkanes) is 1. The highest BCUT2D eigenvalue weighted by Gasteiger charge is 2.38. The second-order valence-corrected chi connectivity index (χ2v) is 11.0. The van der Waals surface area contributed by atoms with Crippen molar-refractivity contribution < 1.29 is 14.3 Å². The maximum absolute atomic E-state index is 12.4. The summed E-state index contributed by atoms with van der Waals surface area (Å²) in [4.78, 5) is 26.9. The first kappa shape index (κ1) is 31.5. The lowest BCUT2D eigenvalue weighted by molar-refractivity contribution is -0.117. The van der Waals surface area contributed by atoms with Gasteiger partial charge in [-0.3, -0.25) is 9.69 Å². The van der Waals surface area contributed by atoms with Crippen molar-refractivity contribution in [2.24, 2.45) is 11.8 Å². The molecule has 3 rings (SSSR count). The van der Waals surface area contributed by atoms with E-state index in [0.29, 0.717) is 50.7 Å². The molecule has 8 heteroatoms. The summed E-state index contributed by atoms with van der Waals surface area (Å²) in [5, 5.41) is 9.34. The van der Waals surface area contributed by atoms with Crippen LogP contribution in [0.15, 0.2) is 38.0 Å². The van der Waals surface area contributed by atoms with Crippen molar-refractivity contribution in [2.45, 2.75) is 77.4 Å². The van der Waals surface area contributed by atoms with Crippen LogP contribution in [-0.4, -0.2) is 72.2 Å². The summed E-state index contributed by atoms with van der Waals surface area (Å²) in [6, 6.07) is 3.24. The number of carbonyl (C=O) groups is 1. The number of fused-ring (bicyclic) bond motifs is 2. The minimum atomic E-state index is -0.315. The third-order valence-electron chi connectivity index (χ3n) is 7.89. The summed E-state index contributed by atoms with van der Waals surface area (Å²) in [6.07, 6.45) is 11.9. The van der Waals surface area contributed by atoms with Crippen molar-refractivity contribution >= 4 is 11.6 Å². The molecule has 0 aliphatic carbocycles. The van der Waals surface area contributed by atoms with Gasteiger partial charge in [-0.1, -0.05) is 32.6 Å². The SMILES string of the molecule is C=CCCCc1c(CC)nc(OCCCN2C[C@H]3C[C@@H]2CO3)nc1N(CCC(C=C)C(=O)C=C)CC(C)CC#N. The van der Waals surface area contributed by atoms with Crippen LogP contribution >= 0.6 is 0 Å². The van der Waals surface area contributed by atoms with Gasteiger partial charge in [0.05, 0.1) is 31.1 Å². The number of hydrogen-bond acceptors (Lipinski definition) is 8. The van der Waals surface area contributed by atoms with Crippen LogP contribution in [0.25, 0.3) is 0 Å². The number of nitrogens with zero attached hydrogens (tertiary/aromatic N) is 5. The lowest BCUT2D eigenvalue weighted by Gasteiger charge is -2.30. The van der Waals surface area contributed by atoms with Crippen molar-refractivity contribution in [1.29, 1.82) is 5.26 Å². The fourth-order valence-electron chi connectivity index (χ4n) is 5.68. The van der Waals surface area contributed by atoms with Crippen LogP contribution in [0.4, 0.5) is 5.82 Å². The number of likely N-dealkylation sites (tertiary alicyclic amines) is 1. The monoisotopic (exact) mass is 549 g/mol. The van der Waals surface area contributed by atoms with Gasteiger partial charge in [-0.2, -0.15) is 15.2 Å². The first-order valence-corrected chi connectivity index (χ1v) is 14.8. The summed E-state index contributed by atoms with van der Waals surface area (Å²) in [5.41, 5.74) is 2.09. The van der Waals surface area contributed by atoms with Crippen LogP contribution < -0.4 is 9.64 Å². The van der Waals surface area contributed by atoms with Gasteiger partial charge >= 0.3 is 6.01 Å². The third kappa shape index (κ3) is 8.74. The summed E-state index contributed by atoms with van der Waals surface area (Å²) in [6.45, 7) is 20.2. The van der Waals surface area contributed by atoms with Gasteiger partial charge in [-0.15, -0.1) is 13.2 Å². The lowest BCUT2D eigenvalue weighted by atomic mass is 9.98. The first-order chi connectivity index (χ1) is 19.4. The average molecular weight is 550 g/mol. The Kier molecular flexibility index (Phi) is 12.8. The molecular weight excluding hydrogens is 502 g/mol. The van der Waals surface area contributed by atoms with Crippen LogP contribution in [0.2, 0.25) is 0 Å². The minimum absolute atomic E-state index is 0.0371. The van der Waals surface area contributed by atoms with Gasteiger partial charge in [0.2, 0.25) is 0 Å². The van der Waals surface area contributed by atoms with Crippen molar-refractivity contribution in [3.63, 3.8) is 0 Å². The molecule has 1 aromatic heterocycles. The molecule has 4 atom stereocenters. The Balaban J connectivity index is 1.83. The molecule has 0 aromatic carbocycles. The Morgan fingerprint density at radius 1 is 1.32 bits per heavy atom. The molecule has 2 fully saturated rings. The number of carbonyl (C=O) groups excluding carboxylic acids is 1. The van der Waals surface area contributed by atoms with E-state index in [1.807, 2.05) is 6.08 Å². The van der Waals surface area contributed by atoms with Gasteiger partial charge in [-0.05, 0) is 56.9 Å². The van der Waals surface area contributed by atoms with Crippen LogP contribution in [0.1, 0.15) is 63.6 Å². The number of ketones is 1. The zero-order chi connectivity index (χ0) is 28.9. The summed E-state index contributed by atoms with van der Waals surface area (Å²) in [5.74, 6) is 0.626. The number of rotatable bonds is 20. The van der Waals surface area contributed by atoms with E-state index in [2.05, 4.69) is 49.5 Å². The van der Waals surface area contributed by atoms with E-state index >= 15 is 0 Å². The Morgan fingerprint density at radius 2 is 2.15 bits per heavy atom. The highest BCUT2D eigenvalue weighted by atomic mass is 16.5. The predicted octanol–water partition coefficient (Wildman–Crippen LogP) is 5.09. The topological polar surface area (TPSA) is 91.6 Å². The second-order valence-electron chi connectivity index (χ2n) is 11.0. The number of hydrogen-bond donors (Lipinski definition) is 0. The molecule has 0 spiro atoms. The smallest absolute Gasteiger partial charge is 0.318 e. The van der Waals surface area contributed by atoms with E-state index in [0.717, 1.165) is 75.3 Å². The van der Waals surface area contributed by atoms with E-state index in [-0.39, 0.29) is 17.6 Å². The zero-order valence-corrected chi connectivity index (χ0v) is 24.5. The van der Waals surface area contributed by atoms with Crippen LogP contribution in [-0.2, 0) is 22.4 Å². The molecule has 40 heavy (non-hydrogen) atoms. The van der Waals surface area contributed by atoms with Gasteiger partial charge in [0.25, 0.3) is 0 Å². The molecule has 218 valence electrons. The predicted molar refractivity (Wildman–Crippen MR) is 159 cm³/mol. The van der Waals surface area contributed by atoms with Crippen molar-refractivity contribution in [3.05, 3.63) is 49.2 Å². The standard InChI is InChI=1S/C32H47N5O3/c1-6-10-11-13-28-29(8-3)34-32(39-19-12-17-36-22-27-20-26(36)23-40-27)35-31(28)37(21-24(5)14-16-33)18-15-25(7-2)30(38)9-4/h6-7,9,24-27H,1-2,4,8,10-15,17-23H2,3,5H3/t24?,25?,26-,27-/m1/s1. The molecule has 3 heterocycles. The van der Waals surface area contributed by atoms with E-state index in [9.17, 15) is 10.1 Å². The number of nitriles is 1. The fourth-order valence-corrected chi connectivity index (χ4v) is 5.68. The molecule has 0 amide bonds. The molecule has 0 radical (unpaired) electrons. The molecule has 0 saturated carbocycles. The minimum Gasteiger partial charge on any atom is -0.463 e. The number of anilines is 1. The highest BCUT2D eigenvalue weighted by molar-refractivity contribution is 5.92. The Hall–Kier alpha value is -3.02. The first-order valence-electron chi connectivity index (χ1n) is 14.8. The number of aromatic nitrogens is 2. The fraction of sp³-hybridized carbons (Fsp3) is 0.625. The summed E-state index contributed by atoms with van der Waals surface area (Å²) in [7, 11) is 0. The molecule has 8 nitrogen and oxygen atoms in total. The number of aryl methyl sites for hydroxylation is 1. The molecular formula is C32H47N5O3. The van der Waals surface area contributed by atoms with Crippen molar-refractivity contribution in [3.8, 4) is 12.1 Å². The number of morpholine rings is 1. The second kappa shape index (κ2) is 16.3. The lowest BCUT2D eigenvalue weighted by Crippen LogP contribution is -2.38. The van der Waals surface area contributed by atoms with Gasteiger partial charge < -0.3 is 14.4 Å². The Morgan fingerprint density at radius 3 is 2.77 bits per heavy atom. The summed E-state index contributed by atoms with van der Waals surface area (Å²) >= 11 is 0. The number of allylic oxidation sites excluding steroid dienone is 3. The van der Waals surface area contributed by atoms with Crippen LogP contribution in [0.5, 0.6) is 6.01 Å². The van der Waals surface area contributed by atoms with Gasteiger partial charge in [0.1, 0.15) is 5.82 Å². The summed E-state index contributed by atoms with van der Waals surface area (Å²) < 4.78 is 11.9. The maximum Gasteiger partial charge on any atom is 0.318 e. The quantitative estimate of drug-likeness (QED) is 0.126. The van der Waals surface area contributed by atoms with Gasteiger partial charge in [0.15, 0.2) is 5.78 Å². The molecule has 2 aliphatic heterocycles. The zero-order valence-electron chi connectivity index (χ0n) is 24.5. The van der Waals surface area contributed by atoms with Crippen LogP contribution in [0.3, 0.4) is 0 Å². The Labute approximate surface area is 240 Å². The average Bonchev–Trinajstić information content (AvgIpc) is 3.59. The van der Waals surface area contributed by atoms with E-state index < -0.39 is 0 Å². The van der Waals surface area contributed by atoms with Crippen molar-refractivity contribution in [2.75, 3.05) is 44.3 Å². The van der Waals surface area contributed by atoms with E-state index in [4.69, 9.17) is 19.4 Å². The molecule has 2 bridgehead atoms. The largest absolute Gasteiger partial charge is 0.463 e. The van der Waals surface area contributed by atoms with Crippen molar-refractivity contribution in [1.82, 2.24) is 14.9 Å². The van der Waals surface area contributed by atoms with E-state index in [1.54, 1.807) is 6.08 Å². The molecule has 2 unspecified atom stereocenters. The van der Waals surface area contributed by atoms with Gasteiger partial charge in [-0.25, -0.2) is 0 Å². The highest BCUT2D eigenvalue weighted by Crippen LogP contribution is 2.29. The molecule has 0 N–H and O–H groups in total. The van der Waals surface area contributed by atoms with Crippen LogP contribution in [0, 0.1) is 23.2 Å². The Bertz CT molecular complexity index is 1050. The normalized spacial score (nSPS) is 19.5. The molecule has 2 saturated heterocycles. The molecule has 2 aliphatic rings. The van der Waals surface area contributed by atoms with E-state index in [1.165, 1.54) is 6.08 Å². The number of ether oxygens (including phenoxy) is 2. The van der Waals surface area contributed by atoms with Gasteiger partial charge in [0, 0.05) is 50.1 Å². The maximum atomic E-state index is 12.4.